The molecule has 124 valence electrons. The molecule has 0 unspecified atom stereocenters. The molecule has 0 aromatic carbocycles. The van der Waals surface area contributed by atoms with Gasteiger partial charge in [-0.3, -0.25) is 0 Å². The Hall–Kier alpha value is -1.31. The smallest absolute Gasteiger partial charge is 0.333 e. The maximum Gasteiger partial charge on any atom is 0.333 e. The Bertz CT molecular complexity index is 286. The first kappa shape index (κ1) is 24.7. The lowest BCUT2D eigenvalue weighted by atomic mass is 10.2. The van der Waals surface area contributed by atoms with E-state index >= 15 is 0 Å². The third-order valence-electron chi connectivity index (χ3n) is 2.34. The molecule has 0 rings (SSSR count). The monoisotopic (exact) mass is 296 g/mol. The van der Waals surface area contributed by atoms with Crippen LogP contribution in [0.5, 0.6) is 0 Å². The fourth-order valence-electron chi connectivity index (χ4n) is 0.756. The standard InChI is InChI=1S/C9H14O2.C5H12.C5H10/c1-5-6-8(4)9(10)11-7(2)3;1-4-5(2)3;1-3-5-4-2/h5-7H,1H2,2-4H3;5H,4H2,1-3H3;3H,1,4-5H2,2H3/b8-6+;;. The lowest BCUT2D eigenvalue weighted by molar-refractivity contribution is -0.142. The van der Waals surface area contributed by atoms with Crippen molar-refractivity contribution in [2.24, 2.45) is 5.92 Å². The van der Waals surface area contributed by atoms with Crippen LogP contribution in [0.4, 0.5) is 0 Å². The summed E-state index contributed by atoms with van der Waals surface area (Å²) < 4.78 is 4.91. The van der Waals surface area contributed by atoms with E-state index in [1.807, 2.05) is 19.9 Å². The fourth-order valence-corrected chi connectivity index (χ4v) is 0.756. The molecule has 2 heteroatoms. The van der Waals surface area contributed by atoms with E-state index in [0.29, 0.717) is 5.57 Å². The third-order valence-corrected chi connectivity index (χ3v) is 2.34. The largest absolute Gasteiger partial charge is 0.460 e. The topological polar surface area (TPSA) is 26.3 Å². The summed E-state index contributed by atoms with van der Waals surface area (Å²) in [7, 11) is 0. The van der Waals surface area contributed by atoms with Crippen molar-refractivity contribution in [3.8, 4) is 0 Å². The predicted octanol–water partition coefficient (Wildman–Crippen LogP) is 6.10. The molecule has 2 nitrogen and oxygen atoms in total. The van der Waals surface area contributed by atoms with Gasteiger partial charge in [0.15, 0.2) is 0 Å². The van der Waals surface area contributed by atoms with Gasteiger partial charge >= 0.3 is 5.97 Å². The minimum absolute atomic E-state index is 0.0596. The first-order chi connectivity index (χ1) is 9.76. The molecule has 0 aromatic rings. The van der Waals surface area contributed by atoms with Gasteiger partial charge < -0.3 is 4.74 Å². The zero-order valence-electron chi connectivity index (χ0n) is 15.2. The Balaban J connectivity index is -0.000000270. The molecule has 0 saturated carbocycles. The van der Waals surface area contributed by atoms with Gasteiger partial charge in [0, 0.05) is 5.57 Å². The summed E-state index contributed by atoms with van der Waals surface area (Å²) in [5, 5.41) is 0. The molecule has 0 radical (unpaired) electrons. The number of carbonyl (C=O) groups is 1. The van der Waals surface area contributed by atoms with Crippen LogP contribution in [0.3, 0.4) is 0 Å². The second-order valence-electron chi connectivity index (χ2n) is 5.42. The van der Waals surface area contributed by atoms with Gasteiger partial charge in [-0.05, 0) is 33.1 Å². The van der Waals surface area contributed by atoms with Crippen LogP contribution in [0.25, 0.3) is 0 Å². The normalized spacial score (nSPS) is 10.0. The van der Waals surface area contributed by atoms with Gasteiger partial charge in [-0.2, -0.15) is 0 Å². The highest BCUT2D eigenvalue weighted by Gasteiger charge is 2.05. The SMILES string of the molecule is C=C/C=C(\C)C(=O)OC(C)C.C=CCCC.CCC(C)C. The minimum Gasteiger partial charge on any atom is -0.460 e. The van der Waals surface area contributed by atoms with Crippen molar-refractivity contribution in [2.75, 3.05) is 0 Å². The molecule has 0 atom stereocenters. The Kier molecular flexibility index (Phi) is 22.0. The molecule has 0 aromatic heterocycles. The van der Waals surface area contributed by atoms with Crippen LogP contribution in [0.1, 0.15) is 67.7 Å². The fraction of sp³-hybridized carbons (Fsp3) is 0.632. The highest BCUT2D eigenvalue weighted by Crippen LogP contribution is 1.99. The lowest BCUT2D eigenvalue weighted by Crippen LogP contribution is -2.11. The van der Waals surface area contributed by atoms with E-state index in [1.54, 1.807) is 19.1 Å². The van der Waals surface area contributed by atoms with E-state index in [-0.39, 0.29) is 12.1 Å². The number of hydrogen-bond acceptors (Lipinski definition) is 2. The summed E-state index contributed by atoms with van der Waals surface area (Å²) in [6, 6.07) is 0. The van der Waals surface area contributed by atoms with Gasteiger partial charge in [0.25, 0.3) is 0 Å². The zero-order valence-corrected chi connectivity index (χ0v) is 15.2. The van der Waals surface area contributed by atoms with E-state index in [2.05, 4.69) is 40.9 Å². The molecule has 0 fully saturated rings. The number of carbonyl (C=O) groups excluding carboxylic acids is 1. The molecule has 21 heavy (non-hydrogen) atoms. The first-order valence-corrected chi connectivity index (χ1v) is 7.87. The van der Waals surface area contributed by atoms with Crippen LogP contribution in [0.15, 0.2) is 37.0 Å². The molecule has 0 heterocycles. The number of allylic oxidation sites excluding steroid dienone is 3. The number of unbranched alkanes of at least 4 members (excludes halogenated alkanes) is 1. The number of ether oxygens (including phenoxy) is 1. The van der Waals surface area contributed by atoms with Crippen LogP contribution in [0, 0.1) is 5.92 Å². The van der Waals surface area contributed by atoms with Crippen LogP contribution < -0.4 is 0 Å². The lowest BCUT2D eigenvalue weighted by Gasteiger charge is -2.06. The van der Waals surface area contributed by atoms with Gasteiger partial charge in [-0.15, -0.1) is 6.58 Å². The van der Waals surface area contributed by atoms with Crippen molar-refractivity contribution in [1.82, 2.24) is 0 Å². The van der Waals surface area contributed by atoms with E-state index in [0.717, 1.165) is 12.3 Å². The van der Waals surface area contributed by atoms with E-state index in [9.17, 15) is 4.79 Å². The zero-order chi connectivity index (χ0) is 17.3. The molecule has 0 aliphatic carbocycles. The Morgan fingerprint density at radius 2 is 1.62 bits per heavy atom. The Labute approximate surface area is 133 Å². The molecule has 0 spiro atoms. The highest BCUT2D eigenvalue weighted by atomic mass is 16.5. The first-order valence-electron chi connectivity index (χ1n) is 7.87. The molecule has 0 aliphatic rings. The average molecular weight is 296 g/mol. The van der Waals surface area contributed by atoms with Gasteiger partial charge in [-0.1, -0.05) is 65.3 Å². The highest BCUT2D eigenvalue weighted by molar-refractivity contribution is 5.88. The van der Waals surface area contributed by atoms with E-state index < -0.39 is 0 Å². The summed E-state index contributed by atoms with van der Waals surface area (Å²) in [5.41, 5.74) is 0.577. The summed E-state index contributed by atoms with van der Waals surface area (Å²) in [5.74, 6) is 0.606. The summed E-state index contributed by atoms with van der Waals surface area (Å²) in [6.45, 7) is 21.2. The van der Waals surface area contributed by atoms with Crippen molar-refractivity contribution in [2.45, 2.75) is 73.8 Å². The second-order valence-corrected chi connectivity index (χ2v) is 5.42. The molecule has 0 saturated heterocycles. The average Bonchev–Trinajstić information content (AvgIpc) is 2.40. The van der Waals surface area contributed by atoms with Crippen molar-refractivity contribution in [3.63, 3.8) is 0 Å². The van der Waals surface area contributed by atoms with Crippen LogP contribution in [0.2, 0.25) is 0 Å². The van der Waals surface area contributed by atoms with E-state index in [1.165, 1.54) is 12.8 Å². The van der Waals surface area contributed by atoms with Gasteiger partial charge in [0.1, 0.15) is 0 Å². The van der Waals surface area contributed by atoms with Crippen molar-refractivity contribution >= 4 is 5.97 Å². The second kappa shape index (κ2) is 18.7. The third kappa shape index (κ3) is 27.8. The molecule has 0 N–H and O–H groups in total. The Morgan fingerprint density at radius 1 is 1.14 bits per heavy atom. The van der Waals surface area contributed by atoms with E-state index in [4.69, 9.17) is 4.74 Å². The van der Waals surface area contributed by atoms with Gasteiger partial charge in [0.2, 0.25) is 0 Å². The summed E-state index contributed by atoms with van der Waals surface area (Å²) >= 11 is 0. The summed E-state index contributed by atoms with van der Waals surface area (Å²) in [6.07, 6.45) is 8.75. The number of esters is 1. The van der Waals surface area contributed by atoms with Crippen LogP contribution >= 0.6 is 0 Å². The van der Waals surface area contributed by atoms with Gasteiger partial charge in [-0.25, -0.2) is 4.79 Å². The van der Waals surface area contributed by atoms with Crippen LogP contribution in [-0.2, 0) is 9.53 Å². The number of rotatable bonds is 6. The Morgan fingerprint density at radius 3 is 1.81 bits per heavy atom. The molecular weight excluding hydrogens is 260 g/mol. The maximum atomic E-state index is 11.0. The van der Waals surface area contributed by atoms with Gasteiger partial charge in [0.05, 0.1) is 6.10 Å². The molecule has 0 bridgehead atoms. The van der Waals surface area contributed by atoms with Crippen molar-refractivity contribution in [1.29, 1.82) is 0 Å². The quantitative estimate of drug-likeness (QED) is 0.256. The van der Waals surface area contributed by atoms with Crippen LogP contribution in [-0.4, -0.2) is 12.1 Å². The van der Waals surface area contributed by atoms with Crippen molar-refractivity contribution < 1.29 is 9.53 Å². The summed E-state index contributed by atoms with van der Waals surface area (Å²) in [4.78, 5) is 11.0. The molecule has 0 amide bonds. The number of hydrogen-bond donors (Lipinski definition) is 0. The van der Waals surface area contributed by atoms with Crippen molar-refractivity contribution in [3.05, 3.63) is 37.0 Å². The predicted molar refractivity (Wildman–Crippen MR) is 95.4 cm³/mol. The maximum absolute atomic E-state index is 11.0. The minimum atomic E-state index is -0.278. The molecule has 0 aliphatic heterocycles. The molecular formula is C19H36O2.